The highest BCUT2D eigenvalue weighted by molar-refractivity contribution is 5.78. The number of hydrogen-bond donors (Lipinski definition) is 1. The molecule has 3 saturated heterocycles. The first-order chi connectivity index (χ1) is 14.0. The Morgan fingerprint density at radius 2 is 1.93 bits per heavy atom. The third-order valence-electron chi connectivity index (χ3n) is 6.94. The molecule has 0 aromatic heterocycles. The summed E-state index contributed by atoms with van der Waals surface area (Å²) in [7, 11) is 0. The highest BCUT2D eigenvalue weighted by atomic mass is 16.5. The zero-order valence-corrected chi connectivity index (χ0v) is 17.1. The molecular formula is C23H32N2O4. The van der Waals surface area contributed by atoms with Gasteiger partial charge in [-0.2, -0.15) is 0 Å². The van der Waals surface area contributed by atoms with E-state index in [2.05, 4.69) is 0 Å². The number of nitrogens with zero attached hydrogens (tertiary/aromatic N) is 2. The lowest BCUT2D eigenvalue weighted by Crippen LogP contribution is -2.53. The molecule has 2 amide bonds. The van der Waals surface area contributed by atoms with E-state index in [0.29, 0.717) is 19.3 Å². The Balaban J connectivity index is 1.26. The van der Waals surface area contributed by atoms with Crippen molar-refractivity contribution in [3.63, 3.8) is 0 Å². The molecule has 29 heavy (non-hydrogen) atoms. The van der Waals surface area contributed by atoms with Crippen molar-refractivity contribution < 1.29 is 19.4 Å². The van der Waals surface area contributed by atoms with Crippen molar-refractivity contribution in [3.05, 3.63) is 29.8 Å². The maximum absolute atomic E-state index is 12.7. The number of piperidine rings is 2. The summed E-state index contributed by atoms with van der Waals surface area (Å²) in [5.74, 6) is 0.718. The number of aryl methyl sites for hydroxylation is 1. The van der Waals surface area contributed by atoms with Gasteiger partial charge in [0, 0.05) is 45.6 Å². The number of benzene rings is 1. The molecule has 0 saturated carbocycles. The summed E-state index contributed by atoms with van der Waals surface area (Å²) in [6.07, 6.45) is 7.09. The minimum atomic E-state index is 0.167. The molecule has 1 spiro atoms. The summed E-state index contributed by atoms with van der Waals surface area (Å²) in [6.45, 7) is 3.95. The van der Waals surface area contributed by atoms with Crippen LogP contribution in [0, 0.1) is 5.41 Å². The van der Waals surface area contributed by atoms with Gasteiger partial charge in [0.25, 0.3) is 0 Å². The Bertz CT molecular complexity index is 719. The standard InChI is InChI=1S/C23H32N2O4/c26-19-6-3-18(4-7-19)5-8-21(27)24-13-11-23(12-14-24)10-9-22(28)25(17-23)16-20-2-1-15-29-20/h3-4,6-7,20,26H,1-2,5,8-17H2/t20-/m1/s1. The van der Waals surface area contributed by atoms with Crippen LogP contribution in [0.25, 0.3) is 0 Å². The number of carbonyl (C=O) groups is 2. The van der Waals surface area contributed by atoms with Gasteiger partial charge in [-0.25, -0.2) is 0 Å². The van der Waals surface area contributed by atoms with E-state index in [0.717, 1.165) is 70.5 Å². The lowest BCUT2D eigenvalue weighted by molar-refractivity contribution is -0.144. The number of likely N-dealkylation sites (tertiary alicyclic amines) is 2. The van der Waals surface area contributed by atoms with Gasteiger partial charge in [-0.1, -0.05) is 12.1 Å². The van der Waals surface area contributed by atoms with Crippen LogP contribution in [-0.2, 0) is 20.7 Å². The van der Waals surface area contributed by atoms with Gasteiger partial charge in [0.1, 0.15) is 5.75 Å². The molecule has 4 rings (SSSR count). The van der Waals surface area contributed by atoms with Gasteiger partial charge in [0.2, 0.25) is 11.8 Å². The smallest absolute Gasteiger partial charge is 0.222 e. The number of amides is 2. The van der Waals surface area contributed by atoms with Gasteiger partial charge in [0.15, 0.2) is 0 Å². The summed E-state index contributed by atoms with van der Waals surface area (Å²) in [5.41, 5.74) is 1.24. The van der Waals surface area contributed by atoms with Crippen LogP contribution in [0.2, 0.25) is 0 Å². The van der Waals surface area contributed by atoms with E-state index in [-0.39, 0.29) is 29.1 Å². The number of ether oxygens (including phenoxy) is 1. The number of rotatable bonds is 5. The summed E-state index contributed by atoms with van der Waals surface area (Å²) >= 11 is 0. The van der Waals surface area contributed by atoms with Crippen LogP contribution in [0.1, 0.15) is 50.5 Å². The SMILES string of the molecule is O=C(CCc1ccc(O)cc1)N1CCC2(CCC(=O)N(C[C@H]3CCCO3)C2)CC1. The topological polar surface area (TPSA) is 70.1 Å². The van der Waals surface area contributed by atoms with Crippen molar-refractivity contribution >= 4 is 11.8 Å². The van der Waals surface area contributed by atoms with Crippen LogP contribution in [0.3, 0.4) is 0 Å². The van der Waals surface area contributed by atoms with Crippen molar-refractivity contribution in [1.82, 2.24) is 9.80 Å². The maximum atomic E-state index is 12.7. The van der Waals surface area contributed by atoms with Crippen molar-refractivity contribution in [1.29, 1.82) is 0 Å². The second-order valence-corrected chi connectivity index (χ2v) is 8.96. The average molecular weight is 401 g/mol. The highest BCUT2D eigenvalue weighted by Crippen LogP contribution is 2.40. The zero-order chi connectivity index (χ0) is 20.3. The van der Waals surface area contributed by atoms with E-state index < -0.39 is 0 Å². The van der Waals surface area contributed by atoms with E-state index in [1.165, 1.54) is 0 Å². The number of carbonyl (C=O) groups excluding carboxylic acids is 2. The Labute approximate surface area is 172 Å². The molecule has 1 aromatic rings. The van der Waals surface area contributed by atoms with Crippen LogP contribution in [0.5, 0.6) is 5.75 Å². The second-order valence-electron chi connectivity index (χ2n) is 8.96. The summed E-state index contributed by atoms with van der Waals surface area (Å²) in [6, 6.07) is 7.07. The number of hydrogen-bond acceptors (Lipinski definition) is 4. The maximum Gasteiger partial charge on any atom is 0.222 e. The third kappa shape index (κ3) is 4.92. The van der Waals surface area contributed by atoms with E-state index in [9.17, 15) is 14.7 Å². The number of phenolic OH excluding ortho intramolecular Hbond substituents is 1. The number of phenols is 1. The fourth-order valence-corrected chi connectivity index (χ4v) is 5.01. The largest absolute Gasteiger partial charge is 0.508 e. The predicted molar refractivity (Wildman–Crippen MR) is 109 cm³/mol. The van der Waals surface area contributed by atoms with Gasteiger partial charge in [0.05, 0.1) is 6.10 Å². The van der Waals surface area contributed by atoms with E-state index in [4.69, 9.17) is 4.74 Å². The Kier molecular flexibility index (Phi) is 6.09. The molecule has 1 N–H and O–H groups in total. The molecule has 0 unspecified atom stereocenters. The molecule has 1 aromatic carbocycles. The molecular weight excluding hydrogens is 368 g/mol. The van der Waals surface area contributed by atoms with Gasteiger partial charge >= 0.3 is 0 Å². The Morgan fingerprint density at radius 3 is 2.62 bits per heavy atom. The monoisotopic (exact) mass is 400 g/mol. The average Bonchev–Trinajstić information content (AvgIpc) is 3.24. The van der Waals surface area contributed by atoms with E-state index in [1.54, 1.807) is 12.1 Å². The molecule has 3 aliphatic heterocycles. The lowest BCUT2D eigenvalue weighted by atomic mass is 9.72. The quantitative estimate of drug-likeness (QED) is 0.825. The molecule has 0 aliphatic carbocycles. The first-order valence-corrected chi connectivity index (χ1v) is 11.0. The lowest BCUT2D eigenvalue weighted by Gasteiger charge is -2.47. The molecule has 3 heterocycles. The summed E-state index contributed by atoms with van der Waals surface area (Å²) in [5, 5.41) is 9.37. The van der Waals surface area contributed by atoms with Gasteiger partial charge in [-0.3, -0.25) is 9.59 Å². The fourth-order valence-electron chi connectivity index (χ4n) is 5.01. The first-order valence-electron chi connectivity index (χ1n) is 11.0. The van der Waals surface area contributed by atoms with Crippen molar-refractivity contribution in [2.24, 2.45) is 5.41 Å². The molecule has 3 fully saturated rings. The molecule has 0 radical (unpaired) electrons. The fraction of sp³-hybridized carbons (Fsp3) is 0.652. The first kappa shape index (κ1) is 20.2. The van der Waals surface area contributed by atoms with Crippen LogP contribution in [0.4, 0.5) is 0 Å². The van der Waals surface area contributed by atoms with Crippen LogP contribution in [0.15, 0.2) is 24.3 Å². The summed E-state index contributed by atoms with van der Waals surface area (Å²) in [4.78, 5) is 29.1. The van der Waals surface area contributed by atoms with Crippen LogP contribution < -0.4 is 0 Å². The minimum absolute atomic E-state index is 0.167. The third-order valence-corrected chi connectivity index (χ3v) is 6.94. The summed E-state index contributed by atoms with van der Waals surface area (Å²) < 4.78 is 5.74. The molecule has 0 bridgehead atoms. The van der Waals surface area contributed by atoms with E-state index >= 15 is 0 Å². The van der Waals surface area contributed by atoms with Crippen molar-refractivity contribution in [3.8, 4) is 5.75 Å². The molecule has 6 heteroatoms. The van der Waals surface area contributed by atoms with E-state index in [1.807, 2.05) is 21.9 Å². The van der Waals surface area contributed by atoms with Gasteiger partial charge < -0.3 is 19.6 Å². The Morgan fingerprint density at radius 1 is 1.17 bits per heavy atom. The molecule has 6 nitrogen and oxygen atoms in total. The highest BCUT2D eigenvalue weighted by Gasteiger charge is 2.42. The predicted octanol–water partition coefficient (Wildman–Crippen LogP) is 2.74. The van der Waals surface area contributed by atoms with Crippen LogP contribution >= 0.6 is 0 Å². The normalized spacial score (nSPS) is 24.3. The van der Waals surface area contributed by atoms with Crippen LogP contribution in [-0.4, -0.2) is 65.6 Å². The Hall–Kier alpha value is -2.08. The van der Waals surface area contributed by atoms with Crippen molar-refractivity contribution in [2.45, 2.75) is 57.5 Å². The van der Waals surface area contributed by atoms with Gasteiger partial charge in [-0.15, -0.1) is 0 Å². The minimum Gasteiger partial charge on any atom is -0.508 e. The number of aromatic hydroxyl groups is 1. The van der Waals surface area contributed by atoms with Crippen molar-refractivity contribution in [2.75, 3.05) is 32.8 Å². The molecule has 158 valence electrons. The van der Waals surface area contributed by atoms with Gasteiger partial charge in [-0.05, 0) is 61.6 Å². The second kappa shape index (κ2) is 8.74. The molecule has 1 atom stereocenters. The molecule has 3 aliphatic rings. The zero-order valence-electron chi connectivity index (χ0n) is 17.1.